The van der Waals surface area contributed by atoms with Gasteiger partial charge in [-0.25, -0.2) is 5.43 Å². The Morgan fingerprint density at radius 2 is 2.17 bits per heavy atom. The molecule has 0 aliphatic heterocycles. The van der Waals surface area contributed by atoms with Crippen molar-refractivity contribution >= 4 is 21.8 Å². The predicted octanol–water partition coefficient (Wildman–Crippen LogP) is 2.42. The zero-order chi connectivity index (χ0) is 13.4. The van der Waals surface area contributed by atoms with Crippen LogP contribution in [0, 0.1) is 0 Å². The lowest BCUT2D eigenvalue weighted by Crippen LogP contribution is -2.33. The molecule has 0 aliphatic carbocycles. The second-order valence-electron chi connectivity index (χ2n) is 3.96. The maximum atomic E-state index is 11.2. The number of hydrogen-bond donors (Lipinski definition) is 2. The van der Waals surface area contributed by atoms with Crippen molar-refractivity contribution in [3.63, 3.8) is 0 Å². The van der Waals surface area contributed by atoms with Crippen molar-refractivity contribution < 1.29 is 9.53 Å². The molecule has 1 amide bonds. The van der Waals surface area contributed by atoms with E-state index in [1.54, 1.807) is 14.2 Å². The summed E-state index contributed by atoms with van der Waals surface area (Å²) >= 11 is 3.45. The zero-order valence-corrected chi connectivity index (χ0v) is 12.3. The molecule has 0 saturated carbocycles. The van der Waals surface area contributed by atoms with E-state index in [4.69, 9.17) is 4.74 Å². The minimum absolute atomic E-state index is 0.0266. The fourth-order valence-electron chi connectivity index (χ4n) is 1.75. The summed E-state index contributed by atoms with van der Waals surface area (Å²) < 4.78 is 6.35. The number of halogens is 1. The molecule has 1 rings (SSSR count). The number of methoxy groups -OCH3 is 1. The van der Waals surface area contributed by atoms with Gasteiger partial charge in [-0.1, -0.05) is 15.9 Å². The number of hydrogen-bond acceptors (Lipinski definition) is 3. The van der Waals surface area contributed by atoms with E-state index in [-0.39, 0.29) is 5.91 Å². The molecule has 0 spiro atoms. The Kier molecular flexibility index (Phi) is 6.75. The maximum Gasteiger partial charge on any atom is 0.234 e. The van der Waals surface area contributed by atoms with E-state index < -0.39 is 0 Å². The van der Waals surface area contributed by atoms with Crippen molar-refractivity contribution in [3.05, 3.63) is 28.2 Å². The highest BCUT2D eigenvalue weighted by Crippen LogP contribution is 2.24. The lowest BCUT2D eigenvalue weighted by molar-refractivity contribution is -0.122. The standard InChI is InChI=1S/C13H19BrN2O2/c1-15-16-13(17)6-4-3-5-10-9-11(14)7-8-12(10)18-2/h7-9,15H,3-6H2,1-2H3,(H,16,17). The van der Waals surface area contributed by atoms with Crippen molar-refractivity contribution in [2.45, 2.75) is 25.7 Å². The van der Waals surface area contributed by atoms with Gasteiger partial charge in [0.2, 0.25) is 5.91 Å². The first kappa shape index (κ1) is 15.0. The molecular weight excluding hydrogens is 296 g/mol. The molecule has 2 N–H and O–H groups in total. The molecular formula is C13H19BrN2O2. The van der Waals surface area contributed by atoms with Crippen LogP contribution >= 0.6 is 15.9 Å². The van der Waals surface area contributed by atoms with Gasteiger partial charge in [0.25, 0.3) is 0 Å². The molecule has 0 radical (unpaired) electrons. The average Bonchev–Trinajstić information content (AvgIpc) is 2.35. The summed E-state index contributed by atoms with van der Waals surface area (Å²) in [4.78, 5) is 11.2. The summed E-state index contributed by atoms with van der Waals surface area (Å²) in [5.74, 6) is 0.927. The molecule has 0 unspecified atom stereocenters. The lowest BCUT2D eigenvalue weighted by Gasteiger charge is -2.09. The van der Waals surface area contributed by atoms with E-state index >= 15 is 0 Å². The highest BCUT2D eigenvalue weighted by atomic mass is 79.9. The van der Waals surface area contributed by atoms with Crippen LogP contribution < -0.4 is 15.6 Å². The van der Waals surface area contributed by atoms with Crippen LogP contribution in [-0.2, 0) is 11.2 Å². The number of nitrogens with one attached hydrogen (secondary N) is 2. The Balaban J connectivity index is 2.39. The number of carbonyl (C=O) groups excluding carboxylic acids is 1. The molecule has 1 aromatic rings. The Morgan fingerprint density at radius 3 is 2.83 bits per heavy atom. The van der Waals surface area contributed by atoms with E-state index in [2.05, 4.69) is 32.8 Å². The van der Waals surface area contributed by atoms with Gasteiger partial charge in [-0.3, -0.25) is 10.2 Å². The van der Waals surface area contributed by atoms with Crippen LogP contribution in [0.15, 0.2) is 22.7 Å². The molecule has 0 saturated heterocycles. The van der Waals surface area contributed by atoms with Gasteiger partial charge in [0, 0.05) is 17.9 Å². The van der Waals surface area contributed by atoms with Crippen LogP contribution in [0.1, 0.15) is 24.8 Å². The SMILES string of the molecule is CNNC(=O)CCCCc1cc(Br)ccc1OC. The third-order valence-electron chi connectivity index (χ3n) is 2.61. The van der Waals surface area contributed by atoms with Crippen molar-refractivity contribution in [2.24, 2.45) is 0 Å². The topological polar surface area (TPSA) is 50.4 Å². The number of amides is 1. The molecule has 0 aromatic heterocycles. The second-order valence-corrected chi connectivity index (χ2v) is 4.88. The Labute approximate surface area is 116 Å². The summed E-state index contributed by atoms with van der Waals surface area (Å²) in [6, 6.07) is 5.97. The first-order valence-electron chi connectivity index (χ1n) is 5.95. The van der Waals surface area contributed by atoms with Gasteiger partial charge in [-0.15, -0.1) is 0 Å². The van der Waals surface area contributed by atoms with E-state index in [9.17, 15) is 4.79 Å². The highest BCUT2D eigenvalue weighted by molar-refractivity contribution is 9.10. The van der Waals surface area contributed by atoms with Crippen molar-refractivity contribution in [2.75, 3.05) is 14.2 Å². The molecule has 100 valence electrons. The van der Waals surface area contributed by atoms with Gasteiger partial charge in [-0.05, 0) is 43.0 Å². The first-order chi connectivity index (χ1) is 8.67. The predicted molar refractivity (Wildman–Crippen MR) is 75.5 cm³/mol. The number of aryl methyl sites for hydroxylation is 1. The Bertz CT molecular complexity index is 397. The number of unbranched alkanes of at least 4 members (excludes halogenated alkanes) is 1. The van der Waals surface area contributed by atoms with Crippen LogP contribution in [0.2, 0.25) is 0 Å². The third-order valence-corrected chi connectivity index (χ3v) is 3.10. The number of rotatable bonds is 7. The van der Waals surface area contributed by atoms with E-state index in [1.807, 2.05) is 12.1 Å². The summed E-state index contributed by atoms with van der Waals surface area (Å²) in [5.41, 5.74) is 6.35. The van der Waals surface area contributed by atoms with Crippen LogP contribution in [0.3, 0.4) is 0 Å². The van der Waals surface area contributed by atoms with Gasteiger partial charge in [0.15, 0.2) is 0 Å². The summed E-state index contributed by atoms with van der Waals surface area (Å²) in [6.07, 6.45) is 3.28. The molecule has 5 heteroatoms. The van der Waals surface area contributed by atoms with Gasteiger partial charge in [0.05, 0.1) is 7.11 Å². The number of carbonyl (C=O) groups is 1. The summed E-state index contributed by atoms with van der Waals surface area (Å²) in [6.45, 7) is 0. The van der Waals surface area contributed by atoms with E-state index in [0.29, 0.717) is 6.42 Å². The minimum atomic E-state index is 0.0266. The van der Waals surface area contributed by atoms with Crippen molar-refractivity contribution in [1.82, 2.24) is 10.9 Å². The number of hydrazine groups is 1. The molecule has 18 heavy (non-hydrogen) atoms. The monoisotopic (exact) mass is 314 g/mol. The van der Waals surface area contributed by atoms with Gasteiger partial charge >= 0.3 is 0 Å². The summed E-state index contributed by atoms with van der Waals surface area (Å²) in [7, 11) is 3.36. The summed E-state index contributed by atoms with van der Waals surface area (Å²) in [5, 5.41) is 0. The molecule has 4 nitrogen and oxygen atoms in total. The van der Waals surface area contributed by atoms with Crippen molar-refractivity contribution in [3.8, 4) is 5.75 Å². The second kappa shape index (κ2) is 8.11. The quantitative estimate of drug-likeness (QED) is 0.600. The van der Waals surface area contributed by atoms with Crippen LogP contribution in [-0.4, -0.2) is 20.1 Å². The lowest BCUT2D eigenvalue weighted by atomic mass is 10.1. The molecule has 0 bridgehead atoms. The average molecular weight is 315 g/mol. The fraction of sp³-hybridized carbons (Fsp3) is 0.462. The fourth-order valence-corrected chi connectivity index (χ4v) is 2.15. The minimum Gasteiger partial charge on any atom is -0.496 e. The number of ether oxygens (including phenoxy) is 1. The Morgan fingerprint density at radius 1 is 1.39 bits per heavy atom. The molecule has 0 heterocycles. The smallest absolute Gasteiger partial charge is 0.234 e. The first-order valence-corrected chi connectivity index (χ1v) is 6.74. The van der Waals surface area contributed by atoms with Gasteiger partial charge < -0.3 is 4.74 Å². The highest BCUT2D eigenvalue weighted by Gasteiger charge is 2.04. The normalized spacial score (nSPS) is 10.2. The number of benzene rings is 1. The van der Waals surface area contributed by atoms with Crippen LogP contribution in [0.25, 0.3) is 0 Å². The molecule has 0 fully saturated rings. The van der Waals surface area contributed by atoms with E-state index in [0.717, 1.165) is 29.5 Å². The Hall–Kier alpha value is -1.07. The van der Waals surface area contributed by atoms with Gasteiger partial charge in [0.1, 0.15) is 5.75 Å². The maximum absolute atomic E-state index is 11.2. The third kappa shape index (κ3) is 5.06. The van der Waals surface area contributed by atoms with Gasteiger partial charge in [-0.2, -0.15) is 0 Å². The van der Waals surface area contributed by atoms with E-state index in [1.165, 1.54) is 5.56 Å². The van der Waals surface area contributed by atoms with Crippen LogP contribution in [0.4, 0.5) is 0 Å². The molecule has 0 aliphatic rings. The largest absolute Gasteiger partial charge is 0.496 e. The molecule has 1 aromatic carbocycles. The molecule has 0 atom stereocenters. The van der Waals surface area contributed by atoms with Crippen LogP contribution in [0.5, 0.6) is 5.75 Å². The zero-order valence-electron chi connectivity index (χ0n) is 10.8. The van der Waals surface area contributed by atoms with Crippen molar-refractivity contribution in [1.29, 1.82) is 0 Å².